The molecule has 2 N–H and O–H groups in total. The van der Waals surface area contributed by atoms with Gasteiger partial charge in [0, 0.05) is 11.6 Å². The molecule has 2 amide bonds. The zero-order chi connectivity index (χ0) is 18.4. The van der Waals surface area contributed by atoms with E-state index in [4.69, 9.17) is 9.47 Å². The molecule has 0 aliphatic carbocycles. The summed E-state index contributed by atoms with van der Waals surface area (Å²) in [5.41, 5.74) is 1.67. The Morgan fingerprint density at radius 2 is 1.85 bits per heavy atom. The summed E-state index contributed by atoms with van der Waals surface area (Å²) in [7, 11) is 0. The molecule has 0 spiro atoms. The fourth-order valence-corrected chi connectivity index (χ4v) is 2.73. The highest BCUT2D eigenvalue weighted by atomic mass is 16.7. The molecule has 0 saturated carbocycles. The third-order valence-corrected chi connectivity index (χ3v) is 4.16. The zero-order valence-electron chi connectivity index (χ0n) is 14.7. The first kappa shape index (κ1) is 17.8. The van der Waals surface area contributed by atoms with Crippen molar-refractivity contribution in [1.82, 2.24) is 10.6 Å². The van der Waals surface area contributed by atoms with E-state index in [2.05, 4.69) is 22.8 Å². The number of ether oxygens (including phenoxy) is 2. The van der Waals surface area contributed by atoms with Gasteiger partial charge in [-0.2, -0.15) is 0 Å². The maximum Gasteiger partial charge on any atom is 0.251 e. The Bertz CT molecular complexity index is 777. The van der Waals surface area contributed by atoms with Gasteiger partial charge in [0.2, 0.25) is 12.7 Å². The van der Waals surface area contributed by atoms with Crippen molar-refractivity contribution in [2.45, 2.75) is 25.8 Å². The first-order valence-electron chi connectivity index (χ1n) is 8.63. The van der Waals surface area contributed by atoms with Crippen LogP contribution >= 0.6 is 0 Å². The average molecular weight is 354 g/mol. The molecule has 0 radical (unpaired) electrons. The molecule has 2 aromatic carbocycles. The largest absolute Gasteiger partial charge is 0.454 e. The summed E-state index contributed by atoms with van der Waals surface area (Å²) in [6, 6.07) is 15.1. The van der Waals surface area contributed by atoms with E-state index >= 15 is 0 Å². The molecule has 1 heterocycles. The van der Waals surface area contributed by atoms with Crippen LogP contribution in [-0.4, -0.2) is 31.2 Å². The van der Waals surface area contributed by atoms with Gasteiger partial charge in [0.05, 0.1) is 6.54 Å². The van der Waals surface area contributed by atoms with Gasteiger partial charge >= 0.3 is 0 Å². The number of aryl methyl sites for hydroxylation is 1. The van der Waals surface area contributed by atoms with E-state index in [0.29, 0.717) is 17.1 Å². The number of hydrogen-bond acceptors (Lipinski definition) is 4. The van der Waals surface area contributed by atoms with Gasteiger partial charge in [-0.1, -0.05) is 30.3 Å². The van der Waals surface area contributed by atoms with Crippen molar-refractivity contribution in [2.75, 3.05) is 13.3 Å². The fourth-order valence-electron chi connectivity index (χ4n) is 2.73. The Kier molecular flexibility index (Phi) is 5.73. The van der Waals surface area contributed by atoms with Crippen molar-refractivity contribution in [3.05, 3.63) is 59.7 Å². The van der Waals surface area contributed by atoms with E-state index in [1.165, 1.54) is 5.56 Å². The minimum Gasteiger partial charge on any atom is -0.454 e. The van der Waals surface area contributed by atoms with E-state index in [-0.39, 0.29) is 31.2 Å². The SMILES string of the molecule is C[C@@H](CCc1ccccc1)NC(=O)CNC(=O)c1ccc2c(c1)OCO2. The van der Waals surface area contributed by atoms with Crippen LogP contribution in [0.1, 0.15) is 29.3 Å². The molecule has 1 atom stereocenters. The smallest absolute Gasteiger partial charge is 0.251 e. The van der Waals surface area contributed by atoms with Gasteiger partial charge in [0.15, 0.2) is 11.5 Å². The van der Waals surface area contributed by atoms with E-state index in [0.717, 1.165) is 12.8 Å². The summed E-state index contributed by atoms with van der Waals surface area (Å²) in [4.78, 5) is 24.2. The number of hydrogen-bond donors (Lipinski definition) is 2. The Morgan fingerprint density at radius 1 is 1.08 bits per heavy atom. The van der Waals surface area contributed by atoms with Crippen LogP contribution in [0.4, 0.5) is 0 Å². The highest BCUT2D eigenvalue weighted by Crippen LogP contribution is 2.32. The van der Waals surface area contributed by atoms with Crippen LogP contribution in [0, 0.1) is 0 Å². The molecule has 3 rings (SSSR count). The Labute approximate surface area is 152 Å². The molecule has 6 heteroatoms. The lowest BCUT2D eigenvalue weighted by molar-refractivity contribution is -0.120. The van der Waals surface area contributed by atoms with Gasteiger partial charge in [0.1, 0.15) is 0 Å². The molecule has 26 heavy (non-hydrogen) atoms. The van der Waals surface area contributed by atoms with Gasteiger partial charge in [-0.3, -0.25) is 9.59 Å². The summed E-state index contributed by atoms with van der Waals surface area (Å²) in [5, 5.41) is 5.52. The minimum absolute atomic E-state index is 0.0325. The Morgan fingerprint density at radius 3 is 2.65 bits per heavy atom. The van der Waals surface area contributed by atoms with Crippen LogP contribution < -0.4 is 20.1 Å². The number of rotatable bonds is 7. The molecule has 6 nitrogen and oxygen atoms in total. The van der Waals surface area contributed by atoms with E-state index < -0.39 is 0 Å². The third-order valence-electron chi connectivity index (χ3n) is 4.16. The van der Waals surface area contributed by atoms with Crippen molar-refractivity contribution in [3.63, 3.8) is 0 Å². The molecule has 0 saturated heterocycles. The van der Waals surface area contributed by atoms with Gasteiger partial charge in [-0.15, -0.1) is 0 Å². The van der Waals surface area contributed by atoms with Gasteiger partial charge in [0.25, 0.3) is 5.91 Å². The molecule has 0 unspecified atom stereocenters. The maximum absolute atomic E-state index is 12.2. The van der Waals surface area contributed by atoms with Crippen molar-refractivity contribution in [3.8, 4) is 11.5 Å². The number of nitrogens with one attached hydrogen (secondary N) is 2. The molecule has 136 valence electrons. The molecular weight excluding hydrogens is 332 g/mol. The molecular formula is C20H22N2O4. The number of carbonyl (C=O) groups excluding carboxylic acids is 2. The molecule has 1 aliphatic rings. The monoisotopic (exact) mass is 354 g/mol. The fraction of sp³-hybridized carbons (Fsp3) is 0.300. The summed E-state index contributed by atoms with van der Waals surface area (Å²) in [6.07, 6.45) is 1.73. The predicted octanol–water partition coefficient (Wildman–Crippen LogP) is 2.28. The number of carbonyl (C=O) groups is 2. The van der Waals surface area contributed by atoms with Crippen molar-refractivity contribution >= 4 is 11.8 Å². The van der Waals surface area contributed by atoms with Crippen molar-refractivity contribution in [1.29, 1.82) is 0 Å². The summed E-state index contributed by atoms with van der Waals surface area (Å²) in [5.74, 6) is 0.623. The highest BCUT2D eigenvalue weighted by Gasteiger charge is 2.17. The number of benzene rings is 2. The van der Waals surface area contributed by atoms with Crippen LogP contribution in [0.25, 0.3) is 0 Å². The van der Waals surface area contributed by atoms with Gasteiger partial charge < -0.3 is 20.1 Å². The number of amides is 2. The summed E-state index contributed by atoms with van der Waals surface area (Å²) < 4.78 is 10.5. The average Bonchev–Trinajstić information content (AvgIpc) is 3.13. The number of fused-ring (bicyclic) bond motifs is 1. The standard InChI is InChI=1S/C20H22N2O4/c1-14(7-8-15-5-3-2-4-6-15)22-19(23)12-21-20(24)16-9-10-17-18(11-16)26-13-25-17/h2-6,9-11,14H,7-8,12-13H2,1H3,(H,21,24)(H,22,23)/t14-/m0/s1. The summed E-state index contributed by atoms with van der Waals surface area (Å²) in [6.45, 7) is 2.05. The highest BCUT2D eigenvalue weighted by molar-refractivity contribution is 5.97. The van der Waals surface area contributed by atoms with Crippen LogP contribution in [-0.2, 0) is 11.2 Å². The lowest BCUT2D eigenvalue weighted by atomic mass is 10.1. The summed E-state index contributed by atoms with van der Waals surface area (Å²) >= 11 is 0. The molecule has 0 aromatic heterocycles. The van der Waals surface area contributed by atoms with Crippen LogP contribution in [0.5, 0.6) is 11.5 Å². The molecule has 1 aliphatic heterocycles. The second-order valence-corrected chi connectivity index (χ2v) is 6.24. The topological polar surface area (TPSA) is 76.7 Å². The van der Waals surface area contributed by atoms with Gasteiger partial charge in [-0.05, 0) is 43.5 Å². The van der Waals surface area contributed by atoms with E-state index in [9.17, 15) is 9.59 Å². The van der Waals surface area contributed by atoms with Crippen molar-refractivity contribution in [2.24, 2.45) is 0 Å². The first-order chi connectivity index (χ1) is 12.6. The second kappa shape index (κ2) is 8.38. The van der Waals surface area contributed by atoms with Crippen molar-refractivity contribution < 1.29 is 19.1 Å². The van der Waals surface area contributed by atoms with Gasteiger partial charge in [-0.25, -0.2) is 0 Å². The van der Waals surface area contributed by atoms with Crippen LogP contribution in [0.15, 0.2) is 48.5 Å². The maximum atomic E-state index is 12.2. The molecule has 0 fully saturated rings. The second-order valence-electron chi connectivity index (χ2n) is 6.24. The van der Waals surface area contributed by atoms with Crippen LogP contribution in [0.2, 0.25) is 0 Å². The van der Waals surface area contributed by atoms with Crippen LogP contribution in [0.3, 0.4) is 0 Å². The molecule has 2 aromatic rings. The predicted molar refractivity (Wildman–Crippen MR) is 97.3 cm³/mol. The lowest BCUT2D eigenvalue weighted by Gasteiger charge is -2.14. The molecule has 0 bridgehead atoms. The quantitative estimate of drug-likeness (QED) is 0.800. The zero-order valence-corrected chi connectivity index (χ0v) is 14.7. The Balaban J connectivity index is 1.41. The Hall–Kier alpha value is -3.02. The van der Waals surface area contributed by atoms with E-state index in [1.807, 2.05) is 25.1 Å². The third kappa shape index (κ3) is 4.75. The normalized spacial score (nSPS) is 13.1. The minimum atomic E-state index is -0.324. The first-order valence-corrected chi connectivity index (χ1v) is 8.63. The van der Waals surface area contributed by atoms with E-state index in [1.54, 1.807) is 18.2 Å². The lowest BCUT2D eigenvalue weighted by Crippen LogP contribution is -2.41.